The smallest absolute Gasteiger partial charge is 0.224 e. The van der Waals surface area contributed by atoms with Crippen molar-refractivity contribution in [2.45, 2.75) is 38.1 Å². The Morgan fingerprint density at radius 3 is 1.50 bits per heavy atom. The molecule has 2 aliphatic rings. The van der Waals surface area contributed by atoms with Crippen molar-refractivity contribution in [3.05, 3.63) is 0 Å². The minimum absolute atomic E-state index is 0.0653. The number of carbonyl (C=O) groups excluding carboxylic acids is 2. The van der Waals surface area contributed by atoms with Gasteiger partial charge in [-0.1, -0.05) is 0 Å². The molecule has 2 saturated heterocycles. The first-order valence-corrected chi connectivity index (χ1v) is 6.33. The second kappa shape index (κ2) is 5.67. The number of hydrogen-bond acceptors (Lipinski definition) is 4. The summed E-state index contributed by atoms with van der Waals surface area (Å²) in [6, 6.07) is 0. The van der Waals surface area contributed by atoms with E-state index >= 15 is 0 Å². The van der Waals surface area contributed by atoms with Crippen LogP contribution < -0.4 is 0 Å². The molecule has 2 amide bonds. The molecule has 2 unspecified atom stereocenters. The van der Waals surface area contributed by atoms with Crippen LogP contribution in [0.2, 0.25) is 0 Å². The Hall–Kier alpha value is -1.14. The van der Waals surface area contributed by atoms with Crippen LogP contribution in [0.4, 0.5) is 0 Å². The first-order chi connectivity index (χ1) is 8.69. The van der Waals surface area contributed by atoms with E-state index in [0.29, 0.717) is 25.9 Å². The van der Waals surface area contributed by atoms with Crippen LogP contribution in [0.1, 0.15) is 25.7 Å². The molecular weight excluding hydrogens is 236 g/mol. The number of ether oxygens (including phenoxy) is 2. The van der Waals surface area contributed by atoms with Crippen molar-refractivity contribution in [3.63, 3.8) is 0 Å². The molecule has 0 radical (unpaired) electrons. The van der Waals surface area contributed by atoms with Gasteiger partial charge in [0, 0.05) is 40.2 Å². The Bertz CT molecular complexity index is 302. The molecule has 0 aromatic carbocycles. The normalized spacial score (nSPS) is 23.9. The molecule has 0 spiro atoms. The van der Waals surface area contributed by atoms with Gasteiger partial charge in [-0.3, -0.25) is 9.59 Å². The monoisotopic (exact) mass is 256 g/mol. The second-order valence-electron chi connectivity index (χ2n) is 4.63. The molecule has 0 aliphatic carbocycles. The molecule has 6 nitrogen and oxygen atoms in total. The number of amides is 2. The topological polar surface area (TPSA) is 59.1 Å². The van der Waals surface area contributed by atoms with E-state index in [1.807, 2.05) is 0 Å². The third-order valence-corrected chi connectivity index (χ3v) is 3.56. The van der Waals surface area contributed by atoms with E-state index in [1.165, 1.54) is 0 Å². The van der Waals surface area contributed by atoms with Gasteiger partial charge in [0.15, 0.2) is 12.5 Å². The molecule has 2 fully saturated rings. The first kappa shape index (κ1) is 13.3. The van der Waals surface area contributed by atoms with Crippen molar-refractivity contribution in [2.75, 3.05) is 27.3 Å². The Kier molecular flexibility index (Phi) is 4.19. The molecule has 6 heteroatoms. The van der Waals surface area contributed by atoms with Crippen LogP contribution in [-0.4, -0.2) is 61.4 Å². The molecular formula is C12H20N2O4. The fourth-order valence-electron chi connectivity index (χ4n) is 2.67. The van der Waals surface area contributed by atoms with Gasteiger partial charge in [-0.05, 0) is 12.8 Å². The Labute approximate surface area is 107 Å². The van der Waals surface area contributed by atoms with Gasteiger partial charge in [-0.15, -0.1) is 0 Å². The van der Waals surface area contributed by atoms with Crippen molar-refractivity contribution < 1.29 is 19.1 Å². The highest BCUT2D eigenvalue weighted by atomic mass is 16.6. The zero-order chi connectivity index (χ0) is 13.1. The van der Waals surface area contributed by atoms with Crippen molar-refractivity contribution in [1.29, 1.82) is 0 Å². The van der Waals surface area contributed by atoms with Gasteiger partial charge in [-0.2, -0.15) is 0 Å². The molecule has 2 aliphatic heterocycles. The molecule has 2 heterocycles. The summed E-state index contributed by atoms with van der Waals surface area (Å²) in [5, 5.41) is 0. The molecule has 0 bridgehead atoms. The average Bonchev–Trinajstić information content (AvgIpc) is 2.95. The van der Waals surface area contributed by atoms with Crippen molar-refractivity contribution >= 4 is 11.8 Å². The van der Waals surface area contributed by atoms with E-state index < -0.39 is 12.5 Å². The summed E-state index contributed by atoms with van der Waals surface area (Å²) in [4.78, 5) is 26.9. The molecule has 0 aromatic rings. The molecule has 0 N–H and O–H groups in total. The number of likely N-dealkylation sites (tertiary alicyclic amines) is 2. The van der Waals surface area contributed by atoms with Gasteiger partial charge in [0.1, 0.15) is 0 Å². The first-order valence-electron chi connectivity index (χ1n) is 6.33. The third kappa shape index (κ3) is 2.35. The predicted molar refractivity (Wildman–Crippen MR) is 63.5 cm³/mol. The van der Waals surface area contributed by atoms with E-state index in [1.54, 1.807) is 24.0 Å². The number of rotatable bonds is 5. The summed E-state index contributed by atoms with van der Waals surface area (Å²) in [5.74, 6) is 0.131. The summed E-state index contributed by atoms with van der Waals surface area (Å²) in [6.07, 6.45) is 1.75. The fraction of sp³-hybridized carbons (Fsp3) is 0.833. The minimum Gasteiger partial charge on any atom is -0.357 e. The maximum absolute atomic E-state index is 11.8. The van der Waals surface area contributed by atoms with Gasteiger partial charge >= 0.3 is 0 Å². The van der Waals surface area contributed by atoms with Gasteiger partial charge in [0.2, 0.25) is 11.8 Å². The number of carbonyl (C=O) groups is 2. The Morgan fingerprint density at radius 2 is 1.28 bits per heavy atom. The van der Waals surface area contributed by atoms with Gasteiger partial charge in [0.05, 0.1) is 0 Å². The zero-order valence-corrected chi connectivity index (χ0v) is 10.9. The van der Waals surface area contributed by atoms with Gasteiger partial charge in [0.25, 0.3) is 0 Å². The minimum atomic E-state index is -0.507. The Balaban J connectivity index is 2.13. The highest BCUT2D eigenvalue weighted by Gasteiger charge is 2.39. The molecule has 102 valence electrons. The quantitative estimate of drug-likeness (QED) is 0.704. The standard InChI is InChI=1S/C12H20N2O4/c1-17-11(13-7-3-5-9(13)15)12(18-2)14-8-4-6-10(14)16/h11-12H,3-8H2,1-2H3. The van der Waals surface area contributed by atoms with Gasteiger partial charge < -0.3 is 19.3 Å². The lowest BCUT2D eigenvalue weighted by molar-refractivity contribution is -0.184. The summed E-state index contributed by atoms with van der Waals surface area (Å²) in [6.45, 7) is 1.33. The summed E-state index contributed by atoms with van der Waals surface area (Å²) in [7, 11) is 3.09. The van der Waals surface area contributed by atoms with Crippen molar-refractivity contribution in [2.24, 2.45) is 0 Å². The van der Waals surface area contributed by atoms with Crippen LogP contribution in [-0.2, 0) is 19.1 Å². The van der Waals surface area contributed by atoms with Crippen molar-refractivity contribution in [3.8, 4) is 0 Å². The van der Waals surface area contributed by atoms with Gasteiger partial charge in [-0.25, -0.2) is 0 Å². The summed E-state index contributed by atoms with van der Waals surface area (Å²) in [5.41, 5.74) is 0. The van der Waals surface area contributed by atoms with E-state index in [2.05, 4.69) is 0 Å². The fourth-order valence-corrected chi connectivity index (χ4v) is 2.67. The van der Waals surface area contributed by atoms with Crippen LogP contribution in [0.15, 0.2) is 0 Å². The van der Waals surface area contributed by atoms with E-state index in [4.69, 9.17) is 9.47 Å². The Morgan fingerprint density at radius 1 is 0.889 bits per heavy atom. The SMILES string of the molecule is COC(C(OC)N1CCCC1=O)N1CCCC1=O. The average molecular weight is 256 g/mol. The predicted octanol–water partition coefficient (Wildman–Crippen LogP) is 0.176. The molecule has 2 rings (SSSR count). The zero-order valence-electron chi connectivity index (χ0n) is 10.9. The maximum Gasteiger partial charge on any atom is 0.224 e. The second-order valence-corrected chi connectivity index (χ2v) is 4.63. The number of methoxy groups -OCH3 is 2. The van der Waals surface area contributed by atoms with E-state index in [-0.39, 0.29) is 11.8 Å². The lowest BCUT2D eigenvalue weighted by atomic mass is 10.3. The maximum atomic E-state index is 11.8. The van der Waals surface area contributed by atoms with Crippen LogP contribution in [0.25, 0.3) is 0 Å². The lowest BCUT2D eigenvalue weighted by Crippen LogP contribution is -2.54. The van der Waals surface area contributed by atoms with Crippen LogP contribution in [0, 0.1) is 0 Å². The van der Waals surface area contributed by atoms with Crippen LogP contribution >= 0.6 is 0 Å². The summed E-state index contributed by atoms with van der Waals surface area (Å²) >= 11 is 0. The van der Waals surface area contributed by atoms with Crippen LogP contribution in [0.3, 0.4) is 0 Å². The lowest BCUT2D eigenvalue weighted by Gasteiger charge is -2.37. The van der Waals surface area contributed by atoms with E-state index in [9.17, 15) is 9.59 Å². The molecule has 0 saturated carbocycles. The molecule has 0 aromatic heterocycles. The molecule has 18 heavy (non-hydrogen) atoms. The highest BCUT2D eigenvalue weighted by molar-refractivity contribution is 5.79. The molecule has 2 atom stereocenters. The highest BCUT2D eigenvalue weighted by Crippen LogP contribution is 2.23. The van der Waals surface area contributed by atoms with E-state index in [0.717, 1.165) is 12.8 Å². The van der Waals surface area contributed by atoms with Crippen molar-refractivity contribution in [1.82, 2.24) is 9.80 Å². The summed E-state index contributed by atoms with van der Waals surface area (Å²) < 4.78 is 10.8. The number of hydrogen-bond donors (Lipinski definition) is 0. The largest absolute Gasteiger partial charge is 0.357 e. The number of nitrogens with zero attached hydrogens (tertiary/aromatic N) is 2. The van der Waals surface area contributed by atoms with Crippen LogP contribution in [0.5, 0.6) is 0 Å². The third-order valence-electron chi connectivity index (χ3n) is 3.56.